The second-order valence-electron chi connectivity index (χ2n) is 4.41. The fourth-order valence-electron chi connectivity index (χ4n) is 2.16. The van der Waals surface area contributed by atoms with Crippen molar-refractivity contribution >= 4 is 32.9 Å². The van der Waals surface area contributed by atoms with Gasteiger partial charge in [-0.25, -0.2) is 19.3 Å². The highest BCUT2D eigenvalue weighted by molar-refractivity contribution is 9.10. The van der Waals surface area contributed by atoms with Crippen LogP contribution in [-0.4, -0.2) is 53.1 Å². The zero-order chi connectivity index (χ0) is 14.5. The molecule has 1 fully saturated rings. The molecule has 0 radical (unpaired) electrons. The van der Waals surface area contributed by atoms with E-state index in [2.05, 4.69) is 30.9 Å². The number of anilines is 1. The molecule has 1 saturated heterocycles. The smallest absolute Gasteiger partial charge is 0.237 e. The third-order valence-electron chi connectivity index (χ3n) is 3.20. The Balaban J connectivity index is 2.10. The molecule has 8 nitrogen and oxygen atoms in total. The lowest BCUT2D eigenvalue weighted by molar-refractivity contribution is -0.0472. The quantitative estimate of drug-likeness (QED) is 0.639. The summed E-state index contributed by atoms with van der Waals surface area (Å²) in [6, 6.07) is 0. The van der Waals surface area contributed by atoms with Crippen LogP contribution < -0.4 is 5.73 Å². The van der Waals surface area contributed by atoms with Gasteiger partial charge in [-0.1, -0.05) is 0 Å². The first-order chi connectivity index (χ1) is 9.46. The number of nitrogens with two attached hydrogens (primary N) is 1. The number of aromatic nitrogens is 4. The number of nitrogen functional groups attached to an aromatic ring is 1. The number of fused-ring (bicyclic) bond motifs is 1. The number of hydrogen-bond acceptors (Lipinski definition) is 7. The highest BCUT2D eigenvalue weighted by Gasteiger charge is 2.57. The first kappa shape index (κ1) is 13.6. The molecule has 2 aromatic rings. The topological polar surface area (TPSA) is 119 Å². The third kappa shape index (κ3) is 1.79. The SMILES string of the molecule is Nc1ncnc2c1ncn2[C@@H]1O[C@H](CO)[C@@H](O)[C@@]1(F)Br. The van der Waals surface area contributed by atoms with Crippen molar-refractivity contribution in [3.63, 3.8) is 0 Å². The lowest BCUT2D eigenvalue weighted by Crippen LogP contribution is -2.37. The van der Waals surface area contributed by atoms with Crippen molar-refractivity contribution in [2.75, 3.05) is 12.3 Å². The van der Waals surface area contributed by atoms with Crippen LogP contribution in [0.15, 0.2) is 12.7 Å². The van der Waals surface area contributed by atoms with Crippen LogP contribution in [0.2, 0.25) is 0 Å². The molecule has 0 amide bonds. The Bertz CT molecular complexity index is 651. The first-order valence-corrected chi connectivity index (χ1v) is 6.51. The number of ether oxygens (including phenoxy) is 1. The number of hydrogen-bond donors (Lipinski definition) is 3. The van der Waals surface area contributed by atoms with Gasteiger partial charge in [0.2, 0.25) is 4.58 Å². The van der Waals surface area contributed by atoms with Crippen molar-refractivity contribution in [3.8, 4) is 0 Å². The lowest BCUT2D eigenvalue weighted by Gasteiger charge is -2.22. The molecule has 4 N–H and O–H groups in total. The Morgan fingerprint density at radius 1 is 1.50 bits per heavy atom. The molecule has 3 heterocycles. The molecule has 0 saturated carbocycles. The molecule has 0 spiro atoms. The van der Waals surface area contributed by atoms with Gasteiger partial charge in [-0.3, -0.25) is 4.57 Å². The third-order valence-corrected chi connectivity index (χ3v) is 4.06. The summed E-state index contributed by atoms with van der Waals surface area (Å²) >= 11 is 2.81. The van der Waals surface area contributed by atoms with Crippen LogP contribution in [0.1, 0.15) is 6.23 Å². The van der Waals surface area contributed by atoms with Gasteiger partial charge < -0.3 is 20.7 Å². The molecule has 0 aliphatic carbocycles. The number of aliphatic hydroxyl groups excluding tert-OH is 2. The van der Waals surface area contributed by atoms with Gasteiger partial charge in [0.1, 0.15) is 24.1 Å². The number of nitrogens with zero attached hydrogens (tertiary/aromatic N) is 4. The van der Waals surface area contributed by atoms with Gasteiger partial charge in [-0.2, -0.15) is 0 Å². The van der Waals surface area contributed by atoms with Crippen LogP contribution >= 0.6 is 15.9 Å². The average molecular weight is 348 g/mol. The minimum absolute atomic E-state index is 0.157. The minimum Gasteiger partial charge on any atom is -0.394 e. The van der Waals surface area contributed by atoms with Crippen LogP contribution in [0, 0.1) is 0 Å². The number of imidazole rings is 1. The molecule has 2 aromatic heterocycles. The van der Waals surface area contributed by atoms with Crippen molar-refractivity contribution in [3.05, 3.63) is 12.7 Å². The van der Waals surface area contributed by atoms with E-state index in [0.29, 0.717) is 5.52 Å². The molecule has 1 aliphatic heterocycles. The van der Waals surface area contributed by atoms with E-state index in [-0.39, 0.29) is 11.5 Å². The number of halogens is 2. The number of aliphatic hydroxyl groups is 2. The summed E-state index contributed by atoms with van der Waals surface area (Å²) in [5, 5.41) is 18.9. The predicted octanol–water partition coefficient (Wildman–Crippen LogP) is -0.280. The summed E-state index contributed by atoms with van der Waals surface area (Å²) < 4.78 is 18.9. The normalized spacial score (nSPS) is 33.9. The average Bonchev–Trinajstić information content (AvgIpc) is 2.92. The molecule has 4 atom stereocenters. The molecule has 0 aromatic carbocycles. The summed E-state index contributed by atoms with van der Waals surface area (Å²) in [6.07, 6.45) is -1.31. The van der Waals surface area contributed by atoms with Crippen LogP contribution in [-0.2, 0) is 4.74 Å². The van der Waals surface area contributed by atoms with Gasteiger partial charge in [-0.05, 0) is 15.9 Å². The van der Waals surface area contributed by atoms with Crippen molar-refractivity contribution in [2.24, 2.45) is 0 Å². The largest absolute Gasteiger partial charge is 0.394 e. The minimum atomic E-state index is -2.28. The van der Waals surface area contributed by atoms with Gasteiger partial charge in [0.25, 0.3) is 0 Å². The van der Waals surface area contributed by atoms with E-state index in [1.807, 2.05) is 0 Å². The second kappa shape index (κ2) is 4.58. The highest BCUT2D eigenvalue weighted by atomic mass is 79.9. The van der Waals surface area contributed by atoms with E-state index in [0.717, 1.165) is 0 Å². The summed E-state index contributed by atoms with van der Waals surface area (Å²) in [4.78, 5) is 11.8. The Kier molecular flexibility index (Phi) is 3.12. The Labute approximate surface area is 120 Å². The van der Waals surface area contributed by atoms with Crippen molar-refractivity contribution < 1.29 is 19.3 Å². The summed E-state index contributed by atoms with van der Waals surface area (Å²) in [6.45, 7) is -0.515. The Morgan fingerprint density at radius 3 is 2.90 bits per heavy atom. The molecule has 10 heteroatoms. The van der Waals surface area contributed by atoms with Crippen molar-refractivity contribution in [2.45, 2.75) is 23.0 Å². The van der Waals surface area contributed by atoms with Crippen LogP contribution in [0.25, 0.3) is 11.2 Å². The number of alkyl halides is 2. The van der Waals surface area contributed by atoms with E-state index < -0.39 is 29.6 Å². The van der Waals surface area contributed by atoms with Crippen LogP contribution in [0.5, 0.6) is 0 Å². The summed E-state index contributed by atoms with van der Waals surface area (Å²) in [7, 11) is 0. The first-order valence-electron chi connectivity index (χ1n) is 5.72. The fourth-order valence-corrected chi connectivity index (χ4v) is 2.78. The van der Waals surface area contributed by atoms with E-state index in [1.54, 1.807) is 0 Å². The van der Waals surface area contributed by atoms with Gasteiger partial charge in [0.05, 0.1) is 12.9 Å². The molecule has 0 bridgehead atoms. The molecular weight excluding hydrogens is 337 g/mol. The van der Waals surface area contributed by atoms with Gasteiger partial charge in [-0.15, -0.1) is 0 Å². The summed E-state index contributed by atoms with van der Waals surface area (Å²) in [5.74, 6) is 0.157. The summed E-state index contributed by atoms with van der Waals surface area (Å²) in [5.41, 5.74) is 6.23. The van der Waals surface area contributed by atoms with Gasteiger partial charge in [0, 0.05) is 0 Å². The molecule has 3 rings (SSSR count). The van der Waals surface area contributed by atoms with Crippen molar-refractivity contribution in [1.29, 1.82) is 0 Å². The Morgan fingerprint density at radius 2 is 2.25 bits per heavy atom. The number of rotatable bonds is 2. The molecule has 20 heavy (non-hydrogen) atoms. The molecular formula is C10H11BrFN5O3. The highest BCUT2D eigenvalue weighted by Crippen LogP contribution is 2.46. The van der Waals surface area contributed by atoms with Gasteiger partial charge >= 0.3 is 0 Å². The van der Waals surface area contributed by atoms with E-state index in [9.17, 15) is 9.50 Å². The van der Waals surface area contributed by atoms with E-state index in [1.165, 1.54) is 17.2 Å². The maximum Gasteiger partial charge on any atom is 0.237 e. The fraction of sp³-hybridized carbons (Fsp3) is 0.500. The van der Waals surface area contributed by atoms with Gasteiger partial charge in [0.15, 0.2) is 17.7 Å². The molecule has 1 aliphatic rings. The second-order valence-corrected chi connectivity index (χ2v) is 5.63. The van der Waals surface area contributed by atoms with E-state index in [4.69, 9.17) is 15.6 Å². The standard InChI is InChI=1S/C10H11BrFN5O3/c11-10(12)6(19)4(1-18)20-9(10)17-3-16-5-7(13)14-2-15-8(5)17/h2-4,6,9,18-19H,1H2,(H2,13,14,15)/t4-,6-,9-,10+/m1/s1. The van der Waals surface area contributed by atoms with Crippen molar-refractivity contribution in [1.82, 2.24) is 19.5 Å². The van der Waals surface area contributed by atoms with Crippen LogP contribution in [0.3, 0.4) is 0 Å². The lowest BCUT2D eigenvalue weighted by atomic mass is 10.1. The molecule has 108 valence electrons. The monoisotopic (exact) mass is 347 g/mol. The maximum absolute atomic E-state index is 14.6. The maximum atomic E-state index is 14.6. The zero-order valence-electron chi connectivity index (χ0n) is 10.0. The van der Waals surface area contributed by atoms with E-state index >= 15 is 0 Å². The van der Waals surface area contributed by atoms with Crippen LogP contribution in [0.4, 0.5) is 10.2 Å². The zero-order valence-corrected chi connectivity index (χ0v) is 11.6. The Hall–Kier alpha value is -1.36. The predicted molar refractivity (Wildman–Crippen MR) is 69.5 cm³/mol. The molecule has 0 unspecified atom stereocenters.